The third-order valence-corrected chi connectivity index (χ3v) is 4.75. The van der Waals surface area contributed by atoms with Gasteiger partial charge >= 0.3 is 0 Å². The molecule has 1 aromatic carbocycles. The Hall–Kier alpha value is -2.27. The van der Waals surface area contributed by atoms with Crippen molar-refractivity contribution in [1.29, 1.82) is 0 Å². The summed E-state index contributed by atoms with van der Waals surface area (Å²) in [6.07, 6.45) is 1.91. The molecule has 6 heteroatoms. The lowest BCUT2D eigenvalue weighted by atomic mass is 10.0. The number of nitrogens with zero attached hydrogens (tertiary/aromatic N) is 2. The number of amides is 1. The molecule has 0 bridgehead atoms. The second-order valence-corrected chi connectivity index (χ2v) is 6.89. The van der Waals surface area contributed by atoms with Gasteiger partial charge in [-0.25, -0.2) is 0 Å². The van der Waals surface area contributed by atoms with Gasteiger partial charge in [0.25, 0.3) is 11.5 Å². The van der Waals surface area contributed by atoms with Crippen molar-refractivity contribution < 1.29 is 9.53 Å². The van der Waals surface area contributed by atoms with Crippen molar-refractivity contribution in [3.8, 4) is 5.75 Å². The van der Waals surface area contributed by atoms with Gasteiger partial charge in [-0.15, -0.1) is 0 Å². The lowest BCUT2D eigenvalue weighted by molar-refractivity contribution is -0.138. The number of ether oxygens (including phenoxy) is 1. The Labute approximate surface area is 151 Å². The number of aromatic nitrogens is 1. The van der Waals surface area contributed by atoms with Gasteiger partial charge in [0.15, 0.2) is 6.10 Å². The van der Waals surface area contributed by atoms with Gasteiger partial charge < -0.3 is 14.2 Å². The van der Waals surface area contributed by atoms with Gasteiger partial charge in [0.2, 0.25) is 0 Å². The van der Waals surface area contributed by atoms with Gasteiger partial charge in [-0.2, -0.15) is 0 Å². The van der Waals surface area contributed by atoms with Crippen LogP contribution in [-0.2, 0) is 24.8 Å². The fourth-order valence-electron chi connectivity index (χ4n) is 3.07. The molecule has 1 amide bonds. The molecule has 0 fully saturated rings. The Balaban J connectivity index is 1.72. The molecule has 1 unspecified atom stereocenters. The smallest absolute Gasteiger partial charge is 0.263 e. The maximum absolute atomic E-state index is 12.7. The average Bonchev–Trinajstić information content (AvgIpc) is 2.57. The fraction of sp³-hybridized carbons (Fsp3) is 0.368. The second kappa shape index (κ2) is 6.92. The predicted molar refractivity (Wildman–Crippen MR) is 97.1 cm³/mol. The number of rotatable bonds is 3. The summed E-state index contributed by atoms with van der Waals surface area (Å²) in [6.45, 7) is 4.74. The first kappa shape index (κ1) is 17.5. The minimum Gasteiger partial charge on any atom is -0.481 e. The van der Waals surface area contributed by atoms with Crippen molar-refractivity contribution in [3.05, 3.63) is 62.5 Å². The molecule has 132 valence electrons. The molecule has 2 heterocycles. The predicted octanol–water partition coefficient (Wildman–Crippen LogP) is 2.70. The molecular formula is C19H21ClN2O3. The summed E-state index contributed by atoms with van der Waals surface area (Å²) >= 11 is 5.95. The summed E-state index contributed by atoms with van der Waals surface area (Å²) < 4.78 is 7.39. The third kappa shape index (κ3) is 3.71. The van der Waals surface area contributed by atoms with E-state index in [1.807, 2.05) is 19.2 Å². The van der Waals surface area contributed by atoms with Gasteiger partial charge in [0.1, 0.15) is 5.75 Å². The van der Waals surface area contributed by atoms with Crippen LogP contribution in [0, 0.1) is 6.92 Å². The van der Waals surface area contributed by atoms with E-state index in [2.05, 4.69) is 0 Å². The zero-order valence-electron chi connectivity index (χ0n) is 14.6. The molecule has 2 aromatic rings. The van der Waals surface area contributed by atoms with Crippen LogP contribution in [0.15, 0.2) is 35.3 Å². The van der Waals surface area contributed by atoms with Gasteiger partial charge in [-0.1, -0.05) is 11.6 Å². The summed E-state index contributed by atoms with van der Waals surface area (Å²) in [6, 6.07) is 7.00. The van der Waals surface area contributed by atoms with Crippen LogP contribution < -0.4 is 10.3 Å². The first-order valence-corrected chi connectivity index (χ1v) is 8.63. The Morgan fingerprint density at radius 1 is 1.28 bits per heavy atom. The molecule has 0 spiro atoms. The van der Waals surface area contributed by atoms with Crippen LogP contribution >= 0.6 is 11.6 Å². The summed E-state index contributed by atoms with van der Waals surface area (Å²) in [5.74, 6) is 0.596. The number of carbonyl (C=O) groups excluding carboxylic acids is 1. The highest BCUT2D eigenvalue weighted by atomic mass is 35.5. The van der Waals surface area contributed by atoms with E-state index in [-0.39, 0.29) is 11.5 Å². The van der Waals surface area contributed by atoms with Gasteiger partial charge in [0.05, 0.1) is 0 Å². The van der Waals surface area contributed by atoms with Crippen LogP contribution in [-0.4, -0.2) is 28.0 Å². The molecule has 3 rings (SSSR count). The van der Waals surface area contributed by atoms with Crippen LogP contribution in [0.2, 0.25) is 5.02 Å². The number of hydrogen-bond acceptors (Lipinski definition) is 3. The van der Waals surface area contributed by atoms with E-state index in [1.165, 1.54) is 0 Å². The molecule has 1 aliphatic rings. The third-order valence-electron chi connectivity index (χ3n) is 4.52. The largest absolute Gasteiger partial charge is 0.481 e. The number of hydrogen-bond donors (Lipinski definition) is 0. The lowest BCUT2D eigenvalue weighted by Gasteiger charge is -2.31. The number of fused-ring (bicyclic) bond motifs is 1. The average molecular weight is 361 g/mol. The molecule has 0 saturated carbocycles. The van der Waals surface area contributed by atoms with Crippen molar-refractivity contribution in [1.82, 2.24) is 9.47 Å². The summed E-state index contributed by atoms with van der Waals surface area (Å²) in [5.41, 5.74) is 2.91. The Bertz CT molecular complexity index is 875. The highest BCUT2D eigenvalue weighted by molar-refractivity contribution is 6.30. The molecule has 0 radical (unpaired) electrons. The zero-order valence-corrected chi connectivity index (χ0v) is 15.3. The fourth-order valence-corrected chi connectivity index (χ4v) is 3.30. The maximum Gasteiger partial charge on any atom is 0.263 e. The SMILES string of the molecule is Cc1cc(Cl)ccc1OC(C)C(=O)N1CCc2cc(=O)n(C)cc2C1. The Morgan fingerprint density at radius 2 is 2.04 bits per heavy atom. The molecule has 25 heavy (non-hydrogen) atoms. The molecular weight excluding hydrogens is 340 g/mol. The molecule has 0 saturated heterocycles. The van der Waals surface area contributed by atoms with E-state index in [0.29, 0.717) is 30.3 Å². The normalized spacial score (nSPS) is 14.8. The van der Waals surface area contributed by atoms with Gasteiger partial charge in [0, 0.05) is 37.4 Å². The van der Waals surface area contributed by atoms with Crippen LogP contribution in [0.25, 0.3) is 0 Å². The summed E-state index contributed by atoms with van der Waals surface area (Å²) in [4.78, 5) is 26.3. The summed E-state index contributed by atoms with van der Waals surface area (Å²) in [5, 5.41) is 0.641. The number of pyridine rings is 1. The minimum atomic E-state index is -0.589. The summed E-state index contributed by atoms with van der Waals surface area (Å²) in [7, 11) is 1.72. The minimum absolute atomic E-state index is 0.0200. The number of benzene rings is 1. The van der Waals surface area contributed by atoms with E-state index in [1.54, 1.807) is 41.6 Å². The van der Waals surface area contributed by atoms with Crippen molar-refractivity contribution in [2.75, 3.05) is 6.54 Å². The topological polar surface area (TPSA) is 51.5 Å². The zero-order chi connectivity index (χ0) is 18.1. The van der Waals surface area contributed by atoms with Crippen molar-refractivity contribution in [3.63, 3.8) is 0 Å². The van der Waals surface area contributed by atoms with E-state index >= 15 is 0 Å². The van der Waals surface area contributed by atoms with Gasteiger partial charge in [-0.3, -0.25) is 9.59 Å². The van der Waals surface area contributed by atoms with Crippen LogP contribution in [0.5, 0.6) is 5.75 Å². The maximum atomic E-state index is 12.7. The lowest BCUT2D eigenvalue weighted by Crippen LogP contribution is -2.43. The number of carbonyl (C=O) groups is 1. The quantitative estimate of drug-likeness (QED) is 0.845. The van der Waals surface area contributed by atoms with Crippen LogP contribution in [0.3, 0.4) is 0 Å². The first-order chi connectivity index (χ1) is 11.8. The molecule has 1 aromatic heterocycles. The van der Waals surface area contributed by atoms with Crippen molar-refractivity contribution >= 4 is 17.5 Å². The number of aryl methyl sites for hydroxylation is 2. The van der Waals surface area contributed by atoms with Gasteiger partial charge in [-0.05, 0) is 55.2 Å². The van der Waals surface area contributed by atoms with Crippen molar-refractivity contribution in [2.45, 2.75) is 32.9 Å². The molecule has 1 atom stereocenters. The van der Waals surface area contributed by atoms with Crippen molar-refractivity contribution in [2.24, 2.45) is 7.05 Å². The van der Waals surface area contributed by atoms with Crippen LogP contribution in [0.1, 0.15) is 23.6 Å². The van der Waals surface area contributed by atoms with E-state index < -0.39 is 6.10 Å². The monoisotopic (exact) mass is 360 g/mol. The first-order valence-electron chi connectivity index (χ1n) is 8.25. The Morgan fingerprint density at radius 3 is 2.76 bits per heavy atom. The van der Waals surface area contributed by atoms with Crippen LogP contribution in [0.4, 0.5) is 0 Å². The van der Waals surface area contributed by atoms with E-state index in [9.17, 15) is 9.59 Å². The number of halogens is 1. The highest BCUT2D eigenvalue weighted by Crippen LogP contribution is 2.24. The highest BCUT2D eigenvalue weighted by Gasteiger charge is 2.26. The van der Waals surface area contributed by atoms with E-state index in [0.717, 1.165) is 16.7 Å². The molecule has 5 nitrogen and oxygen atoms in total. The molecule has 0 aliphatic carbocycles. The van der Waals surface area contributed by atoms with E-state index in [4.69, 9.17) is 16.3 Å². The Kier molecular flexibility index (Phi) is 4.86. The molecule has 0 N–H and O–H groups in total. The second-order valence-electron chi connectivity index (χ2n) is 6.45. The standard InChI is InChI=1S/C19H21ClN2O3/c1-12-8-16(20)4-5-17(12)25-13(2)19(24)22-7-6-14-9-18(23)21(3)10-15(14)11-22/h4-5,8-10,13H,6-7,11H2,1-3H3. The molecule has 1 aliphatic heterocycles.